The Labute approximate surface area is 127 Å². The highest BCUT2D eigenvalue weighted by atomic mass is 19.1. The first-order valence-corrected chi connectivity index (χ1v) is 7.32. The van der Waals surface area contributed by atoms with E-state index < -0.39 is 11.4 Å². The average Bonchev–Trinajstić information content (AvgIpc) is 3.02. The fraction of sp³-hybridized carbons (Fsp3) is 0.375. The molecule has 3 N–H and O–H groups in total. The third-order valence-corrected chi connectivity index (χ3v) is 4.39. The highest BCUT2D eigenvalue weighted by Gasteiger charge is 2.62. The van der Waals surface area contributed by atoms with E-state index in [4.69, 9.17) is 5.73 Å². The molecule has 116 valence electrons. The lowest BCUT2D eigenvalue weighted by atomic mass is 9.98. The van der Waals surface area contributed by atoms with Gasteiger partial charge in [-0.3, -0.25) is 4.79 Å². The van der Waals surface area contributed by atoms with Gasteiger partial charge in [-0.25, -0.2) is 9.37 Å². The molecular formula is C16H18FN3O2. The van der Waals surface area contributed by atoms with Crippen molar-refractivity contribution in [1.82, 2.24) is 9.55 Å². The van der Waals surface area contributed by atoms with Crippen LogP contribution in [0.5, 0.6) is 0 Å². The van der Waals surface area contributed by atoms with Crippen molar-refractivity contribution in [3.05, 3.63) is 48.3 Å². The molecule has 2 unspecified atom stereocenters. The van der Waals surface area contributed by atoms with Crippen LogP contribution in [0.1, 0.15) is 25.0 Å². The van der Waals surface area contributed by atoms with Gasteiger partial charge in [0.25, 0.3) is 0 Å². The van der Waals surface area contributed by atoms with Crippen LogP contribution in [0.2, 0.25) is 0 Å². The number of hydrogen-bond acceptors (Lipinski definition) is 3. The molecule has 0 aliphatic heterocycles. The smallest absolute Gasteiger partial charge is 0.316 e. The van der Waals surface area contributed by atoms with Gasteiger partial charge in [-0.15, -0.1) is 0 Å². The summed E-state index contributed by atoms with van der Waals surface area (Å²) in [6.45, 7) is 0.559. The lowest BCUT2D eigenvalue weighted by molar-refractivity contribution is -0.140. The number of benzene rings is 1. The minimum Gasteiger partial charge on any atom is -0.481 e. The predicted molar refractivity (Wildman–Crippen MR) is 79.2 cm³/mol. The van der Waals surface area contributed by atoms with Gasteiger partial charge < -0.3 is 15.4 Å². The standard InChI is InChI=1S/C16H18FN3O2/c17-12-4-1-5-13(7-12)20-9-14(19-10-20)16(15(21)22)8-11(16)3-2-6-18/h1,4-5,7,9-11H,2-3,6,8,18H2,(H,21,22). The van der Waals surface area contributed by atoms with Gasteiger partial charge in [0.15, 0.2) is 0 Å². The first kappa shape index (κ1) is 14.7. The molecule has 1 aliphatic rings. The normalized spacial score (nSPS) is 23.5. The Morgan fingerprint density at radius 1 is 1.55 bits per heavy atom. The van der Waals surface area contributed by atoms with Crippen molar-refractivity contribution in [2.24, 2.45) is 11.7 Å². The van der Waals surface area contributed by atoms with Gasteiger partial charge in [-0.2, -0.15) is 0 Å². The van der Waals surface area contributed by atoms with Crippen LogP contribution < -0.4 is 5.73 Å². The molecule has 0 bridgehead atoms. The second-order valence-electron chi connectivity index (χ2n) is 5.75. The summed E-state index contributed by atoms with van der Waals surface area (Å²) in [5, 5.41) is 9.61. The molecule has 2 aromatic rings. The summed E-state index contributed by atoms with van der Waals surface area (Å²) in [5.41, 5.74) is 5.75. The minimum atomic E-state index is -0.909. The second-order valence-corrected chi connectivity index (χ2v) is 5.75. The molecule has 2 atom stereocenters. The Kier molecular flexibility index (Phi) is 3.70. The van der Waals surface area contributed by atoms with E-state index in [0.717, 1.165) is 12.8 Å². The molecule has 0 radical (unpaired) electrons. The summed E-state index contributed by atoms with van der Waals surface area (Å²) in [6.07, 6.45) is 5.40. The molecule has 6 heteroatoms. The molecule has 0 spiro atoms. The summed E-state index contributed by atoms with van der Waals surface area (Å²) in [4.78, 5) is 16.0. The quantitative estimate of drug-likeness (QED) is 0.856. The van der Waals surface area contributed by atoms with Crippen molar-refractivity contribution in [3.8, 4) is 5.69 Å². The van der Waals surface area contributed by atoms with Crippen molar-refractivity contribution in [3.63, 3.8) is 0 Å². The molecule has 0 saturated heterocycles. The second kappa shape index (κ2) is 5.53. The SMILES string of the molecule is NCCCC1CC1(C(=O)O)c1cn(-c2cccc(F)c2)cn1. The molecule has 5 nitrogen and oxygen atoms in total. The number of nitrogens with two attached hydrogens (primary N) is 1. The third-order valence-electron chi connectivity index (χ3n) is 4.39. The number of carbonyl (C=O) groups is 1. The van der Waals surface area contributed by atoms with E-state index in [0.29, 0.717) is 24.3 Å². The highest BCUT2D eigenvalue weighted by molar-refractivity contribution is 5.85. The van der Waals surface area contributed by atoms with E-state index in [1.54, 1.807) is 22.9 Å². The summed E-state index contributed by atoms with van der Waals surface area (Å²) >= 11 is 0. The Balaban J connectivity index is 1.88. The van der Waals surface area contributed by atoms with Crippen LogP contribution in [-0.2, 0) is 10.2 Å². The number of rotatable bonds is 6. The maximum Gasteiger partial charge on any atom is 0.316 e. The van der Waals surface area contributed by atoms with Crippen LogP contribution in [0.25, 0.3) is 5.69 Å². The molecule has 1 aliphatic carbocycles. The van der Waals surface area contributed by atoms with Crippen molar-refractivity contribution >= 4 is 5.97 Å². The maximum atomic E-state index is 13.3. The molecule has 22 heavy (non-hydrogen) atoms. The van der Waals surface area contributed by atoms with Crippen LogP contribution in [0, 0.1) is 11.7 Å². The zero-order valence-corrected chi connectivity index (χ0v) is 12.1. The number of aliphatic carboxylic acids is 1. The van der Waals surface area contributed by atoms with E-state index in [2.05, 4.69) is 4.98 Å². The molecule has 1 aromatic carbocycles. The van der Waals surface area contributed by atoms with Gasteiger partial charge in [0.2, 0.25) is 0 Å². The van der Waals surface area contributed by atoms with Gasteiger partial charge in [-0.1, -0.05) is 6.07 Å². The van der Waals surface area contributed by atoms with Crippen LogP contribution >= 0.6 is 0 Å². The molecule has 0 amide bonds. The fourth-order valence-electron chi connectivity index (χ4n) is 3.06. The summed E-state index contributed by atoms with van der Waals surface area (Å²) in [6, 6.07) is 6.11. The number of nitrogens with zero attached hydrogens (tertiary/aromatic N) is 2. The summed E-state index contributed by atoms with van der Waals surface area (Å²) in [5.74, 6) is -1.11. The van der Waals surface area contributed by atoms with Crippen LogP contribution in [0.15, 0.2) is 36.8 Å². The van der Waals surface area contributed by atoms with Crippen LogP contribution in [0.4, 0.5) is 4.39 Å². The largest absolute Gasteiger partial charge is 0.481 e. The molecule has 1 aromatic heterocycles. The fourth-order valence-corrected chi connectivity index (χ4v) is 3.06. The van der Waals surface area contributed by atoms with Crippen LogP contribution in [-0.4, -0.2) is 27.2 Å². The molecule has 3 rings (SSSR count). The lowest BCUT2D eigenvalue weighted by Gasteiger charge is -2.09. The number of hydrogen-bond donors (Lipinski definition) is 2. The Bertz CT molecular complexity index is 700. The van der Waals surface area contributed by atoms with Gasteiger partial charge >= 0.3 is 5.97 Å². The van der Waals surface area contributed by atoms with Crippen molar-refractivity contribution in [2.45, 2.75) is 24.7 Å². The summed E-state index contributed by atoms with van der Waals surface area (Å²) in [7, 11) is 0. The van der Waals surface area contributed by atoms with Gasteiger partial charge in [0, 0.05) is 11.9 Å². The number of carboxylic acid groups (broad SMARTS) is 1. The molecule has 1 fully saturated rings. The first-order chi connectivity index (χ1) is 10.6. The van der Waals surface area contributed by atoms with Crippen molar-refractivity contribution in [1.29, 1.82) is 0 Å². The summed E-state index contributed by atoms with van der Waals surface area (Å²) < 4.78 is 15.0. The van der Waals surface area contributed by atoms with E-state index in [9.17, 15) is 14.3 Å². The number of carboxylic acids is 1. The minimum absolute atomic E-state index is 0.0735. The Morgan fingerprint density at radius 3 is 3.05 bits per heavy atom. The molecule has 1 heterocycles. The van der Waals surface area contributed by atoms with Crippen molar-refractivity contribution < 1.29 is 14.3 Å². The monoisotopic (exact) mass is 303 g/mol. The Hall–Kier alpha value is -2.21. The highest BCUT2D eigenvalue weighted by Crippen LogP contribution is 2.56. The van der Waals surface area contributed by atoms with E-state index in [-0.39, 0.29) is 11.7 Å². The van der Waals surface area contributed by atoms with Gasteiger partial charge in [0.1, 0.15) is 11.2 Å². The van der Waals surface area contributed by atoms with Gasteiger partial charge in [-0.05, 0) is 49.9 Å². The number of imidazole rings is 1. The zero-order valence-electron chi connectivity index (χ0n) is 12.1. The Morgan fingerprint density at radius 2 is 2.36 bits per heavy atom. The topological polar surface area (TPSA) is 81.1 Å². The average molecular weight is 303 g/mol. The van der Waals surface area contributed by atoms with Crippen LogP contribution in [0.3, 0.4) is 0 Å². The van der Waals surface area contributed by atoms with E-state index >= 15 is 0 Å². The van der Waals surface area contributed by atoms with Gasteiger partial charge in [0.05, 0.1) is 12.0 Å². The molecular weight excluding hydrogens is 285 g/mol. The van der Waals surface area contributed by atoms with E-state index in [1.807, 2.05) is 0 Å². The third kappa shape index (κ3) is 2.39. The van der Waals surface area contributed by atoms with E-state index in [1.165, 1.54) is 18.5 Å². The first-order valence-electron chi connectivity index (χ1n) is 7.32. The lowest BCUT2D eigenvalue weighted by Crippen LogP contribution is -2.23. The maximum absolute atomic E-state index is 13.3. The molecule has 1 saturated carbocycles. The van der Waals surface area contributed by atoms with Crippen molar-refractivity contribution in [2.75, 3.05) is 6.54 Å². The zero-order chi connectivity index (χ0) is 15.7. The number of aromatic nitrogens is 2. The number of halogens is 1. The predicted octanol–water partition coefficient (Wildman–Crippen LogP) is 2.09.